The first-order valence-electron chi connectivity index (χ1n) is 2.75. The van der Waals surface area contributed by atoms with Crippen LogP contribution in [0.3, 0.4) is 0 Å². The molecule has 0 N–H and O–H groups in total. The van der Waals surface area contributed by atoms with Crippen molar-refractivity contribution in [3.63, 3.8) is 0 Å². The molecule has 0 radical (unpaired) electrons. The summed E-state index contributed by atoms with van der Waals surface area (Å²) in [4.78, 5) is 9.99. The van der Waals surface area contributed by atoms with Gasteiger partial charge in [0, 0.05) is 18.6 Å². The quantitative estimate of drug-likeness (QED) is 0.428. The van der Waals surface area contributed by atoms with E-state index in [0.717, 1.165) is 0 Å². The Labute approximate surface area is 106 Å². The summed E-state index contributed by atoms with van der Waals surface area (Å²) in [7, 11) is 0. The van der Waals surface area contributed by atoms with E-state index in [-0.39, 0.29) is 57.8 Å². The molecule has 0 spiro atoms. The number of rotatable bonds is 2. The second-order valence-corrected chi connectivity index (χ2v) is 1.76. The van der Waals surface area contributed by atoms with Crippen molar-refractivity contribution >= 4 is 5.97 Å². The zero-order valence-corrected chi connectivity index (χ0v) is 9.27. The Hall–Kier alpha value is 0.186. The van der Waals surface area contributed by atoms with E-state index in [4.69, 9.17) is 0 Å². The van der Waals surface area contributed by atoms with Crippen molar-refractivity contribution in [1.82, 2.24) is 10.2 Å². The van der Waals surface area contributed by atoms with Gasteiger partial charge in [-0.05, 0) is 12.1 Å². The Bertz CT molecular complexity index is 227. The van der Waals surface area contributed by atoms with E-state index in [0.29, 0.717) is 5.69 Å². The van der Waals surface area contributed by atoms with Gasteiger partial charge < -0.3 is 9.90 Å². The Balaban J connectivity index is 0.000001000. The third kappa shape index (κ3) is 4.60. The standard InChI is InChI=1S/C6H6N2O2.K/c9-6(10)4-5-2-1-3-7-8-5;/h1-3H,4H2,(H,9,10);/q;+1/p-1. The third-order valence-electron chi connectivity index (χ3n) is 0.953. The van der Waals surface area contributed by atoms with Crippen LogP contribution in [0, 0.1) is 0 Å². The molecule has 0 unspecified atom stereocenters. The van der Waals surface area contributed by atoms with E-state index in [2.05, 4.69) is 10.2 Å². The van der Waals surface area contributed by atoms with Crippen molar-refractivity contribution in [3.05, 3.63) is 24.0 Å². The molecule has 0 fully saturated rings. The predicted molar refractivity (Wildman–Crippen MR) is 30.7 cm³/mol. The summed E-state index contributed by atoms with van der Waals surface area (Å²) in [6, 6.07) is 3.22. The van der Waals surface area contributed by atoms with Gasteiger partial charge in [-0.15, -0.1) is 0 Å². The van der Waals surface area contributed by atoms with Gasteiger partial charge in [-0.1, -0.05) is 0 Å². The van der Waals surface area contributed by atoms with E-state index in [1.807, 2.05) is 0 Å². The van der Waals surface area contributed by atoms with Crippen molar-refractivity contribution in [2.24, 2.45) is 0 Å². The van der Waals surface area contributed by atoms with Gasteiger partial charge in [-0.3, -0.25) is 0 Å². The summed E-state index contributed by atoms with van der Waals surface area (Å²) in [5.74, 6) is -1.14. The molecule has 0 aliphatic heterocycles. The number of carbonyl (C=O) groups excluding carboxylic acids is 1. The number of aromatic nitrogens is 2. The molecule has 0 aromatic carbocycles. The van der Waals surface area contributed by atoms with Crippen molar-refractivity contribution in [1.29, 1.82) is 0 Å². The molecule has 4 nitrogen and oxygen atoms in total. The maximum atomic E-state index is 9.99. The van der Waals surface area contributed by atoms with E-state index < -0.39 is 5.97 Å². The van der Waals surface area contributed by atoms with Crippen LogP contribution in [0.15, 0.2) is 18.3 Å². The van der Waals surface area contributed by atoms with Gasteiger partial charge in [-0.2, -0.15) is 10.2 Å². The van der Waals surface area contributed by atoms with Crippen LogP contribution in [-0.2, 0) is 11.2 Å². The number of aliphatic carboxylic acids is 1. The molecule has 52 valence electrons. The van der Waals surface area contributed by atoms with E-state index in [1.165, 1.54) is 6.20 Å². The van der Waals surface area contributed by atoms with Crippen LogP contribution >= 0.6 is 0 Å². The van der Waals surface area contributed by atoms with E-state index >= 15 is 0 Å². The van der Waals surface area contributed by atoms with Crippen LogP contribution in [0.5, 0.6) is 0 Å². The fourth-order valence-electron chi connectivity index (χ4n) is 0.576. The predicted octanol–water partition coefficient (Wildman–Crippen LogP) is -4.23. The molecule has 1 aromatic rings. The van der Waals surface area contributed by atoms with Gasteiger partial charge in [0.25, 0.3) is 0 Å². The minimum absolute atomic E-state index is 0. The van der Waals surface area contributed by atoms with Crippen LogP contribution in [0.2, 0.25) is 0 Å². The summed E-state index contributed by atoms with van der Waals surface area (Å²) in [6.45, 7) is 0. The van der Waals surface area contributed by atoms with Crippen LogP contribution in [0.25, 0.3) is 0 Å². The molecule has 0 aliphatic rings. The van der Waals surface area contributed by atoms with Crippen LogP contribution in [0.4, 0.5) is 0 Å². The molecule has 0 bridgehead atoms. The molecule has 0 saturated heterocycles. The topological polar surface area (TPSA) is 65.9 Å². The molecular formula is C6H5KN2O2. The number of nitrogens with zero attached hydrogens (tertiary/aromatic N) is 2. The number of hydrogen-bond acceptors (Lipinski definition) is 4. The second-order valence-electron chi connectivity index (χ2n) is 1.76. The zero-order chi connectivity index (χ0) is 7.40. The normalized spacial score (nSPS) is 8.36. The smallest absolute Gasteiger partial charge is 0.550 e. The summed E-state index contributed by atoms with van der Waals surface area (Å²) in [5, 5.41) is 17.0. The monoisotopic (exact) mass is 176 g/mol. The van der Waals surface area contributed by atoms with Crippen LogP contribution in [-0.4, -0.2) is 16.2 Å². The van der Waals surface area contributed by atoms with Crippen LogP contribution in [0.1, 0.15) is 5.69 Å². The second kappa shape index (κ2) is 5.79. The number of hydrogen-bond donors (Lipinski definition) is 0. The van der Waals surface area contributed by atoms with Crippen molar-refractivity contribution in [2.45, 2.75) is 6.42 Å². The number of carboxylic acids is 1. The third-order valence-corrected chi connectivity index (χ3v) is 0.953. The SMILES string of the molecule is O=C([O-])Cc1cccnn1.[K+]. The summed E-state index contributed by atoms with van der Waals surface area (Å²) in [6.07, 6.45) is 1.31. The fraction of sp³-hybridized carbons (Fsp3) is 0.167. The van der Waals surface area contributed by atoms with Gasteiger partial charge in [0.05, 0.1) is 5.69 Å². The molecule has 0 amide bonds. The Kier molecular flexibility index (Phi) is 5.89. The number of carboxylic acid groups (broad SMARTS) is 1. The van der Waals surface area contributed by atoms with Crippen LogP contribution < -0.4 is 56.5 Å². The van der Waals surface area contributed by atoms with Crippen molar-refractivity contribution in [3.8, 4) is 0 Å². The van der Waals surface area contributed by atoms with Crippen molar-refractivity contribution < 1.29 is 61.3 Å². The van der Waals surface area contributed by atoms with Gasteiger partial charge >= 0.3 is 51.4 Å². The molecule has 1 aromatic heterocycles. The summed E-state index contributed by atoms with van der Waals surface area (Å²) >= 11 is 0. The largest absolute Gasteiger partial charge is 1.00 e. The number of carbonyl (C=O) groups is 1. The van der Waals surface area contributed by atoms with Gasteiger partial charge in [0.2, 0.25) is 0 Å². The Morgan fingerprint density at radius 3 is 2.82 bits per heavy atom. The average Bonchev–Trinajstić information content (AvgIpc) is 1.88. The minimum atomic E-state index is -1.14. The zero-order valence-electron chi connectivity index (χ0n) is 6.15. The van der Waals surface area contributed by atoms with Gasteiger partial charge in [0.15, 0.2) is 0 Å². The molecular weight excluding hydrogens is 171 g/mol. The first-order valence-corrected chi connectivity index (χ1v) is 2.75. The first kappa shape index (κ1) is 11.2. The summed E-state index contributed by atoms with van der Waals surface area (Å²) < 4.78 is 0. The van der Waals surface area contributed by atoms with Gasteiger partial charge in [0.1, 0.15) is 0 Å². The Morgan fingerprint density at radius 1 is 1.64 bits per heavy atom. The molecule has 0 aliphatic carbocycles. The van der Waals surface area contributed by atoms with Gasteiger partial charge in [-0.25, -0.2) is 0 Å². The Morgan fingerprint density at radius 2 is 2.36 bits per heavy atom. The molecule has 5 heteroatoms. The maximum Gasteiger partial charge on any atom is 1.00 e. The summed E-state index contributed by atoms with van der Waals surface area (Å²) in [5.41, 5.74) is 0.419. The van der Waals surface area contributed by atoms with Crippen molar-refractivity contribution in [2.75, 3.05) is 0 Å². The molecule has 1 rings (SSSR count). The molecule has 0 saturated carbocycles. The molecule has 11 heavy (non-hydrogen) atoms. The first-order chi connectivity index (χ1) is 4.79. The van der Waals surface area contributed by atoms with E-state index in [1.54, 1.807) is 12.1 Å². The minimum Gasteiger partial charge on any atom is -0.550 e. The fourth-order valence-corrected chi connectivity index (χ4v) is 0.576. The molecule has 1 heterocycles. The average molecular weight is 176 g/mol. The van der Waals surface area contributed by atoms with E-state index in [9.17, 15) is 9.90 Å². The maximum absolute atomic E-state index is 9.99. The molecule has 0 atom stereocenters.